The fourth-order valence-electron chi connectivity index (χ4n) is 2.56. The molecule has 0 N–H and O–H groups in total. The highest BCUT2D eigenvalue weighted by atomic mass is 16.5. The van der Waals surface area contributed by atoms with Gasteiger partial charge in [-0.2, -0.15) is 0 Å². The van der Waals surface area contributed by atoms with Crippen molar-refractivity contribution in [2.45, 2.75) is 19.3 Å². The fourth-order valence-corrected chi connectivity index (χ4v) is 2.56. The van der Waals surface area contributed by atoms with Crippen molar-refractivity contribution in [3.05, 3.63) is 11.8 Å². The van der Waals surface area contributed by atoms with Crippen LogP contribution in [0.2, 0.25) is 0 Å². The molecule has 6 heteroatoms. The van der Waals surface area contributed by atoms with Crippen LogP contribution in [-0.4, -0.2) is 55.4 Å². The predicted molar refractivity (Wildman–Crippen MR) is 69.3 cm³/mol. The molecule has 2 fully saturated rings. The van der Waals surface area contributed by atoms with E-state index in [-0.39, 0.29) is 5.91 Å². The molecule has 0 unspecified atom stereocenters. The zero-order valence-electron chi connectivity index (χ0n) is 11.0. The van der Waals surface area contributed by atoms with Gasteiger partial charge >= 0.3 is 0 Å². The van der Waals surface area contributed by atoms with Crippen LogP contribution in [0.3, 0.4) is 0 Å². The normalized spacial score (nSPS) is 20.6. The number of likely N-dealkylation sites (tertiary alicyclic amines) is 1. The van der Waals surface area contributed by atoms with Gasteiger partial charge in [0, 0.05) is 32.2 Å². The van der Waals surface area contributed by atoms with E-state index in [2.05, 4.69) is 10.1 Å². The van der Waals surface area contributed by atoms with Gasteiger partial charge in [-0.3, -0.25) is 4.79 Å². The van der Waals surface area contributed by atoms with Gasteiger partial charge in [-0.15, -0.1) is 0 Å². The number of nitrogens with zero attached hydrogens (tertiary/aromatic N) is 3. The molecule has 3 rings (SSSR count). The third-order valence-electron chi connectivity index (χ3n) is 3.68. The van der Waals surface area contributed by atoms with Crippen molar-refractivity contribution in [3.63, 3.8) is 0 Å². The van der Waals surface area contributed by atoms with Crippen molar-refractivity contribution in [2.24, 2.45) is 0 Å². The van der Waals surface area contributed by atoms with E-state index in [0.717, 1.165) is 39.0 Å². The van der Waals surface area contributed by atoms with E-state index < -0.39 is 0 Å². The summed E-state index contributed by atoms with van der Waals surface area (Å²) in [7, 11) is 0. The summed E-state index contributed by atoms with van der Waals surface area (Å²) in [5.74, 6) is 0.659. The highest BCUT2D eigenvalue weighted by molar-refractivity contribution is 5.92. The number of carbonyl (C=O) groups excluding carboxylic acids is 1. The Morgan fingerprint density at radius 2 is 1.84 bits per heavy atom. The van der Waals surface area contributed by atoms with Crippen LogP contribution in [0.5, 0.6) is 0 Å². The number of hydrogen-bond donors (Lipinski definition) is 0. The Morgan fingerprint density at radius 1 is 1.11 bits per heavy atom. The minimum Gasteiger partial charge on any atom is -0.378 e. The van der Waals surface area contributed by atoms with Crippen LogP contribution < -0.4 is 4.90 Å². The van der Waals surface area contributed by atoms with Crippen LogP contribution in [0.25, 0.3) is 0 Å². The monoisotopic (exact) mass is 265 g/mol. The average Bonchev–Trinajstić information content (AvgIpc) is 2.98. The molecule has 2 aliphatic heterocycles. The van der Waals surface area contributed by atoms with Crippen LogP contribution in [-0.2, 0) is 4.74 Å². The highest BCUT2D eigenvalue weighted by Gasteiger charge is 2.23. The number of piperidine rings is 1. The lowest BCUT2D eigenvalue weighted by Crippen LogP contribution is -2.36. The van der Waals surface area contributed by atoms with E-state index >= 15 is 0 Å². The standard InChI is InChI=1S/C13H19N3O3/c17-13(16-4-2-1-3-5-16)11-10-12(19-14-11)15-6-8-18-9-7-15/h10H,1-9H2. The highest BCUT2D eigenvalue weighted by Crippen LogP contribution is 2.19. The van der Waals surface area contributed by atoms with Crippen LogP contribution >= 0.6 is 0 Å². The number of rotatable bonds is 2. The van der Waals surface area contributed by atoms with Crippen molar-refractivity contribution in [1.82, 2.24) is 10.1 Å². The van der Waals surface area contributed by atoms with Crippen LogP contribution in [0.1, 0.15) is 29.8 Å². The molecule has 0 radical (unpaired) electrons. The Bertz CT molecular complexity index is 434. The first-order valence-corrected chi connectivity index (χ1v) is 6.93. The minimum absolute atomic E-state index is 0.0111. The van der Waals surface area contributed by atoms with Gasteiger partial charge in [-0.1, -0.05) is 5.16 Å². The Morgan fingerprint density at radius 3 is 2.58 bits per heavy atom. The average molecular weight is 265 g/mol. The molecule has 0 bridgehead atoms. The van der Waals surface area contributed by atoms with E-state index in [9.17, 15) is 4.79 Å². The van der Waals surface area contributed by atoms with Gasteiger partial charge in [0.25, 0.3) is 5.91 Å². The summed E-state index contributed by atoms with van der Waals surface area (Å²) in [5, 5.41) is 3.92. The van der Waals surface area contributed by atoms with Crippen molar-refractivity contribution >= 4 is 11.8 Å². The summed E-state index contributed by atoms with van der Waals surface area (Å²) >= 11 is 0. The maximum atomic E-state index is 12.3. The van der Waals surface area contributed by atoms with Gasteiger partial charge in [0.15, 0.2) is 5.69 Å². The Kier molecular flexibility index (Phi) is 3.68. The number of carbonyl (C=O) groups is 1. The summed E-state index contributed by atoms with van der Waals surface area (Å²) in [6.07, 6.45) is 3.38. The zero-order valence-corrected chi connectivity index (χ0v) is 11.0. The summed E-state index contributed by atoms with van der Waals surface area (Å²) in [6.45, 7) is 4.61. The maximum Gasteiger partial charge on any atom is 0.276 e. The van der Waals surface area contributed by atoms with E-state index in [0.29, 0.717) is 24.8 Å². The lowest BCUT2D eigenvalue weighted by atomic mass is 10.1. The van der Waals surface area contributed by atoms with E-state index in [1.54, 1.807) is 6.07 Å². The fraction of sp³-hybridized carbons (Fsp3) is 0.692. The molecule has 0 spiro atoms. The molecule has 2 saturated heterocycles. The molecule has 0 aromatic carbocycles. The smallest absolute Gasteiger partial charge is 0.276 e. The number of amides is 1. The number of aromatic nitrogens is 1. The molecular weight excluding hydrogens is 246 g/mol. The lowest BCUT2D eigenvalue weighted by molar-refractivity contribution is 0.0713. The van der Waals surface area contributed by atoms with Crippen molar-refractivity contribution in [2.75, 3.05) is 44.3 Å². The molecule has 3 heterocycles. The van der Waals surface area contributed by atoms with Crippen LogP contribution in [0, 0.1) is 0 Å². The lowest BCUT2D eigenvalue weighted by Gasteiger charge is -2.26. The van der Waals surface area contributed by atoms with E-state index in [1.165, 1.54) is 6.42 Å². The van der Waals surface area contributed by atoms with Gasteiger partial charge in [-0.05, 0) is 19.3 Å². The van der Waals surface area contributed by atoms with Crippen molar-refractivity contribution in [1.29, 1.82) is 0 Å². The number of hydrogen-bond acceptors (Lipinski definition) is 5. The molecule has 1 aromatic rings. The molecular formula is C13H19N3O3. The minimum atomic E-state index is -0.0111. The second kappa shape index (κ2) is 5.61. The second-order valence-corrected chi connectivity index (χ2v) is 5.00. The molecule has 6 nitrogen and oxygen atoms in total. The Labute approximate surface area is 112 Å². The third kappa shape index (κ3) is 2.73. The zero-order chi connectivity index (χ0) is 13.1. The van der Waals surface area contributed by atoms with Gasteiger partial charge in [0.2, 0.25) is 5.88 Å². The van der Waals surface area contributed by atoms with Crippen LogP contribution in [0.4, 0.5) is 5.88 Å². The predicted octanol–water partition coefficient (Wildman–Crippen LogP) is 1.14. The molecule has 0 aliphatic carbocycles. The summed E-state index contributed by atoms with van der Waals surface area (Å²) in [5.41, 5.74) is 0.420. The SMILES string of the molecule is O=C(c1cc(N2CCOCC2)on1)N1CCCCC1. The molecule has 1 amide bonds. The summed E-state index contributed by atoms with van der Waals surface area (Å²) < 4.78 is 10.6. The summed E-state index contributed by atoms with van der Waals surface area (Å²) in [4.78, 5) is 16.2. The molecule has 2 aliphatic rings. The van der Waals surface area contributed by atoms with Crippen molar-refractivity contribution < 1.29 is 14.1 Å². The van der Waals surface area contributed by atoms with Crippen LogP contribution in [0.15, 0.2) is 10.6 Å². The molecule has 1 aromatic heterocycles. The third-order valence-corrected chi connectivity index (χ3v) is 3.68. The number of ether oxygens (including phenoxy) is 1. The van der Waals surface area contributed by atoms with Crippen molar-refractivity contribution in [3.8, 4) is 0 Å². The number of anilines is 1. The Hall–Kier alpha value is -1.56. The van der Waals surface area contributed by atoms with E-state index in [4.69, 9.17) is 9.26 Å². The van der Waals surface area contributed by atoms with Gasteiger partial charge in [-0.25, -0.2) is 0 Å². The second-order valence-electron chi connectivity index (χ2n) is 5.00. The quantitative estimate of drug-likeness (QED) is 0.802. The van der Waals surface area contributed by atoms with Gasteiger partial charge < -0.3 is 19.1 Å². The molecule has 0 atom stereocenters. The molecule has 0 saturated carbocycles. The first-order chi connectivity index (χ1) is 9.34. The maximum absolute atomic E-state index is 12.3. The largest absolute Gasteiger partial charge is 0.378 e. The number of morpholine rings is 1. The van der Waals surface area contributed by atoms with E-state index in [1.807, 2.05) is 4.90 Å². The van der Waals surface area contributed by atoms with Gasteiger partial charge in [0.05, 0.1) is 13.2 Å². The topological polar surface area (TPSA) is 58.8 Å². The first-order valence-electron chi connectivity index (χ1n) is 6.93. The molecule has 19 heavy (non-hydrogen) atoms. The van der Waals surface area contributed by atoms with Gasteiger partial charge in [0.1, 0.15) is 0 Å². The summed E-state index contributed by atoms with van der Waals surface area (Å²) in [6, 6.07) is 1.75. The first kappa shape index (κ1) is 12.5. The Balaban J connectivity index is 1.67. The molecule has 104 valence electrons.